The van der Waals surface area contributed by atoms with E-state index in [2.05, 4.69) is 17.4 Å². The lowest BCUT2D eigenvalue weighted by atomic mass is 10.1. The van der Waals surface area contributed by atoms with Crippen LogP contribution in [0.4, 0.5) is 0 Å². The van der Waals surface area contributed by atoms with Crippen LogP contribution in [0.2, 0.25) is 0 Å². The zero-order valence-corrected chi connectivity index (χ0v) is 15.7. The van der Waals surface area contributed by atoms with Crippen molar-refractivity contribution >= 4 is 22.5 Å². The van der Waals surface area contributed by atoms with Crippen LogP contribution in [0.3, 0.4) is 0 Å². The van der Waals surface area contributed by atoms with Crippen molar-refractivity contribution in [2.45, 2.75) is 25.8 Å². The third-order valence-corrected chi connectivity index (χ3v) is 5.01. The highest BCUT2D eigenvalue weighted by atomic mass is 16.1. The number of carbonyl (C=O) groups is 1. The van der Waals surface area contributed by atoms with Gasteiger partial charge < -0.3 is 14.3 Å². The number of benzene rings is 2. The van der Waals surface area contributed by atoms with E-state index in [4.69, 9.17) is 0 Å². The minimum atomic E-state index is -0.0202. The van der Waals surface area contributed by atoms with Crippen LogP contribution >= 0.6 is 0 Å². The highest BCUT2D eigenvalue weighted by Gasteiger charge is 2.10. The van der Waals surface area contributed by atoms with Crippen LogP contribution in [0, 0.1) is 0 Å². The fourth-order valence-corrected chi connectivity index (χ4v) is 3.61. The Hall–Kier alpha value is -3.34. The predicted octanol–water partition coefficient (Wildman–Crippen LogP) is 3.39. The summed E-state index contributed by atoms with van der Waals surface area (Å²) in [4.78, 5) is 25.0. The fourth-order valence-electron chi connectivity index (χ4n) is 3.61. The molecule has 2 heterocycles. The van der Waals surface area contributed by atoms with Crippen molar-refractivity contribution in [3.05, 3.63) is 88.8 Å². The van der Waals surface area contributed by atoms with Crippen molar-refractivity contribution < 1.29 is 4.79 Å². The topological polar surface area (TPSA) is 55.5 Å². The Bertz CT molecular complexity index is 1160. The first-order chi connectivity index (χ1) is 13.7. The summed E-state index contributed by atoms with van der Waals surface area (Å²) in [6.45, 7) is 1.15. The quantitative estimate of drug-likeness (QED) is 0.540. The SMILES string of the molecule is O=C(CCCn1c(=O)c2cccn2c2ccccc21)NCCc1ccccc1. The first-order valence-electron chi connectivity index (χ1n) is 9.63. The number of carbonyl (C=O) groups excluding carboxylic acids is 1. The molecule has 5 nitrogen and oxygen atoms in total. The Balaban J connectivity index is 1.39. The monoisotopic (exact) mass is 373 g/mol. The van der Waals surface area contributed by atoms with E-state index in [9.17, 15) is 9.59 Å². The molecule has 2 aromatic carbocycles. The molecule has 0 aliphatic heterocycles. The summed E-state index contributed by atoms with van der Waals surface area (Å²) in [6.07, 6.45) is 3.75. The average molecular weight is 373 g/mol. The van der Waals surface area contributed by atoms with Crippen LogP contribution in [0.1, 0.15) is 18.4 Å². The van der Waals surface area contributed by atoms with E-state index in [0.717, 1.165) is 17.5 Å². The number of aryl methyl sites for hydroxylation is 1. The number of nitrogens with one attached hydrogen (secondary N) is 1. The van der Waals surface area contributed by atoms with Crippen molar-refractivity contribution in [1.29, 1.82) is 0 Å². The van der Waals surface area contributed by atoms with E-state index in [-0.39, 0.29) is 11.5 Å². The number of amides is 1. The number of nitrogens with zero attached hydrogens (tertiary/aromatic N) is 2. The molecule has 0 aliphatic carbocycles. The number of rotatable bonds is 7. The van der Waals surface area contributed by atoms with Crippen LogP contribution in [0.25, 0.3) is 16.6 Å². The second-order valence-electron chi connectivity index (χ2n) is 6.90. The van der Waals surface area contributed by atoms with Gasteiger partial charge in [-0.15, -0.1) is 0 Å². The fraction of sp³-hybridized carbons (Fsp3) is 0.217. The van der Waals surface area contributed by atoms with E-state index in [1.54, 1.807) is 4.57 Å². The molecule has 1 N–H and O–H groups in total. The van der Waals surface area contributed by atoms with Crippen molar-refractivity contribution in [2.75, 3.05) is 6.54 Å². The molecule has 0 bridgehead atoms. The molecule has 4 rings (SSSR count). The van der Waals surface area contributed by atoms with Gasteiger partial charge in [0.25, 0.3) is 5.56 Å². The van der Waals surface area contributed by atoms with Crippen LogP contribution in [0.15, 0.2) is 77.7 Å². The Morgan fingerprint density at radius 2 is 1.57 bits per heavy atom. The first-order valence-corrected chi connectivity index (χ1v) is 9.63. The molecule has 0 saturated heterocycles. The standard InChI is InChI=1S/C23H23N3O2/c27-22(24-15-14-18-8-2-1-3-9-18)13-7-17-26-20-11-5-4-10-19(20)25-16-6-12-21(25)23(26)28/h1-6,8-12,16H,7,13-15,17H2,(H,24,27). The summed E-state index contributed by atoms with van der Waals surface area (Å²) in [7, 11) is 0. The summed E-state index contributed by atoms with van der Waals surface area (Å²) in [6, 6.07) is 21.7. The van der Waals surface area contributed by atoms with Gasteiger partial charge in [0.1, 0.15) is 5.52 Å². The lowest BCUT2D eigenvalue weighted by molar-refractivity contribution is -0.121. The molecule has 0 atom stereocenters. The molecule has 0 saturated carbocycles. The van der Waals surface area contributed by atoms with E-state index in [1.807, 2.05) is 65.2 Å². The molecular weight excluding hydrogens is 350 g/mol. The van der Waals surface area contributed by atoms with Crippen molar-refractivity contribution in [1.82, 2.24) is 14.3 Å². The largest absolute Gasteiger partial charge is 0.356 e. The van der Waals surface area contributed by atoms with Gasteiger partial charge in [0.2, 0.25) is 5.91 Å². The van der Waals surface area contributed by atoms with Gasteiger partial charge in [-0.1, -0.05) is 42.5 Å². The molecule has 5 heteroatoms. The minimum Gasteiger partial charge on any atom is -0.356 e. The molecule has 0 radical (unpaired) electrons. The van der Waals surface area contributed by atoms with Gasteiger partial charge in [-0.3, -0.25) is 9.59 Å². The molecule has 1 amide bonds. The number of fused-ring (bicyclic) bond motifs is 3. The molecule has 4 aromatic rings. The van der Waals surface area contributed by atoms with Gasteiger partial charge >= 0.3 is 0 Å². The van der Waals surface area contributed by atoms with E-state index >= 15 is 0 Å². The zero-order chi connectivity index (χ0) is 19.3. The molecule has 0 aliphatic rings. The Labute approximate surface area is 163 Å². The highest BCUT2D eigenvalue weighted by molar-refractivity contribution is 5.79. The number of hydrogen-bond acceptors (Lipinski definition) is 2. The normalized spacial score (nSPS) is 11.1. The smallest absolute Gasteiger partial charge is 0.275 e. The van der Waals surface area contributed by atoms with Gasteiger partial charge in [0.15, 0.2) is 0 Å². The zero-order valence-electron chi connectivity index (χ0n) is 15.7. The van der Waals surface area contributed by atoms with Crippen LogP contribution in [0.5, 0.6) is 0 Å². The molecule has 142 valence electrons. The Kier molecular flexibility index (Phi) is 5.24. The van der Waals surface area contributed by atoms with Crippen molar-refractivity contribution in [2.24, 2.45) is 0 Å². The summed E-state index contributed by atoms with van der Waals surface area (Å²) >= 11 is 0. The summed E-state index contributed by atoms with van der Waals surface area (Å²) in [5.74, 6) is 0.0250. The lowest BCUT2D eigenvalue weighted by Gasteiger charge is -2.12. The third-order valence-electron chi connectivity index (χ3n) is 5.01. The van der Waals surface area contributed by atoms with Gasteiger partial charge in [0.05, 0.1) is 11.0 Å². The third kappa shape index (κ3) is 3.69. The average Bonchev–Trinajstić information content (AvgIpc) is 3.22. The maximum atomic E-state index is 12.8. The molecule has 0 fully saturated rings. The van der Waals surface area contributed by atoms with Crippen LogP contribution in [-0.4, -0.2) is 21.4 Å². The lowest BCUT2D eigenvalue weighted by Crippen LogP contribution is -2.27. The minimum absolute atomic E-state index is 0.0202. The van der Waals surface area contributed by atoms with E-state index < -0.39 is 0 Å². The summed E-state index contributed by atoms with van der Waals surface area (Å²) in [5.41, 5.74) is 3.73. The van der Waals surface area contributed by atoms with Gasteiger partial charge in [-0.25, -0.2) is 0 Å². The Morgan fingerprint density at radius 3 is 2.39 bits per heavy atom. The second-order valence-corrected chi connectivity index (χ2v) is 6.90. The number of hydrogen-bond donors (Lipinski definition) is 1. The second kappa shape index (κ2) is 8.13. The van der Waals surface area contributed by atoms with Crippen LogP contribution in [-0.2, 0) is 17.8 Å². The molecule has 2 aromatic heterocycles. The predicted molar refractivity (Wildman–Crippen MR) is 112 cm³/mol. The number of aromatic nitrogens is 2. The molecule has 0 spiro atoms. The van der Waals surface area contributed by atoms with E-state index in [1.165, 1.54) is 5.56 Å². The maximum Gasteiger partial charge on any atom is 0.275 e. The van der Waals surface area contributed by atoms with Crippen molar-refractivity contribution in [3.8, 4) is 0 Å². The van der Waals surface area contributed by atoms with E-state index in [0.29, 0.717) is 31.4 Å². The van der Waals surface area contributed by atoms with Gasteiger partial charge in [-0.2, -0.15) is 0 Å². The molecule has 0 unspecified atom stereocenters. The Morgan fingerprint density at radius 1 is 0.857 bits per heavy atom. The maximum absolute atomic E-state index is 12.8. The van der Waals surface area contributed by atoms with Gasteiger partial charge in [0, 0.05) is 25.7 Å². The molecule has 28 heavy (non-hydrogen) atoms. The summed E-state index contributed by atoms with van der Waals surface area (Å²) < 4.78 is 3.70. The highest BCUT2D eigenvalue weighted by Crippen LogP contribution is 2.15. The van der Waals surface area contributed by atoms with Gasteiger partial charge in [-0.05, 0) is 42.7 Å². The summed E-state index contributed by atoms with van der Waals surface area (Å²) in [5, 5.41) is 2.96. The molecular formula is C23H23N3O2. The first kappa shape index (κ1) is 18.0. The van der Waals surface area contributed by atoms with Crippen molar-refractivity contribution in [3.63, 3.8) is 0 Å². The number of para-hydroxylation sites is 2. The van der Waals surface area contributed by atoms with Crippen LogP contribution < -0.4 is 10.9 Å².